The molecule has 0 saturated carbocycles. The highest BCUT2D eigenvalue weighted by Gasteiger charge is 2.28. The molecule has 2 heterocycles. The first kappa shape index (κ1) is 27.9. The van der Waals surface area contributed by atoms with Crippen LogP contribution in [0.25, 0.3) is 22.3 Å². The van der Waals surface area contributed by atoms with Gasteiger partial charge in [-0.25, -0.2) is 19.4 Å². The average molecular weight is 510 g/mol. The normalized spacial score (nSPS) is 11.9. The number of nitrogens with two attached hydrogens (primary N) is 1. The van der Waals surface area contributed by atoms with Crippen molar-refractivity contribution in [2.75, 3.05) is 18.8 Å². The quantitative estimate of drug-likeness (QED) is 0.346. The zero-order chi connectivity index (χ0) is 27.2. The van der Waals surface area contributed by atoms with Crippen LogP contribution in [0.4, 0.5) is 10.6 Å². The fourth-order valence-electron chi connectivity index (χ4n) is 3.88. The molecule has 37 heavy (non-hydrogen) atoms. The van der Waals surface area contributed by atoms with Crippen molar-refractivity contribution in [3.63, 3.8) is 0 Å². The molecule has 0 unspecified atom stereocenters. The van der Waals surface area contributed by atoms with Crippen molar-refractivity contribution in [3.8, 4) is 11.3 Å². The Morgan fingerprint density at radius 1 is 1.00 bits per heavy atom. The van der Waals surface area contributed by atoms with E-state index in [-0.39, 0.29) is 5.91 Å². The number of nitrogens with one attached hydrogen (secondary N) is 2. The van der Waals surface area contributed by atoms with Gasteiger partial charge in [0.05, 0.1) is 10.9 Å². The van der Waals surface area contributed by atoms with Crippen molar-refractivity contribution >= 4 is 28.9 Å². The zero-order valence-electron chi connectivity index (χ0n) is 22.7. The second kappa shape index (κ2) is 11.6. The van der Waals surface area contributed by atoms with Gasteiger partial charge >= 0.3 is 6.09 Å². The van der Waals surface area contributed by atoms with E-state index in [1.807, 2.05) is 70.5 Å². The Balaban J connectivity index is 1.56. The Kier molecular flexibility index (Phi) is 8.73. The number of anilines is 1. The first-order valence-corrected chi connectivity index (χ1v) is 12.7. The van der Waals surface area contributed by atoms with E-state index in [1.54, 1.807) is 0 Å². The van der Waals surface area contributed by atoms with E-state index in [0.29, 0.717) is 42.1 Å². The van der Waals surface area contributed by atoms with Crippen molar-refractivity contribution < 1.29 is 14.3 Å². The minimum absolute atomic E-state index is 0.0301. The third-order valence-corrected chi connectivity index (χ3v) is 5.86. The molecule has 200 valence electrons. The van der Waals surface area contributed by atoms with Gasteiger partial charge in [-0.2, -0.15) is 5.10 Å². The summed E-state index contributed by atoms with van der Waals surface area (Å²) in [7, 11) is 0. The molecule has 0 atom stereocenters. The Morgan fingerprint density at radius 2 is 1.70 bits per heavy atom. The van der Waals surface area contributed by atoms with Crippen LogP contribution in [0.5, 0.6) is 0 Å². The molecule has 2 aromatic heterocycles. The van der Waals surface area contributed by atoms with E-state index >= 15 is 0 Å². The fourth-order valence-corrected chi connectivity index (χ4v) is 3.88. The molecule has 0 fully saturated rings. The largest absolute Gasteiger partial charge is 0.444 e. The van der Waals surface area contributed by atoms with Gasteiger partial charge in [-0.05, 0) is 54.4 Å². The maximum atomic E-state index is 12.5. The first-order chi connectivity index (χ1) is 17.4. The number of amides is 2. The van der Waals surface area contributed by atoms with Crippen LogP contribution in [0.3, 0.4) is 0 Å². The smallest absolute Gasteiger partial charge is 0.407 e. The number of alkyl carbamates (subject to hydrolysis) is 1. The second-order valence-electron chi connectivity index (χ2n) is 10.9. The van der Waals surface area contributed by atoms with Crippen LogP contribution in [0.1, 0.15) is 65.9 Å². The van der Waals surface area contributed by atoms with Crippen LogP contribution >= 0.6 is 0 Å². The summed E-state index contributed by atoms with van der Waals surface area (Å²) in [5.74, 6) is 0.338. The summed E-state index contributed by atoms with van der Waals surface area (Å²) in [6, 6.07) is 8.07. The average Bonchev–Trinajstić information content (AvgIpc) is 3.21. The van der Waals surface area contributed by atoms with Gasteiger partial charge in [0.2, 0.25) is 5.91 Å². The molecule has 0 spiro atoms. The number of rotatable bonds is 10. The van der Waals surface area contributed by atoms with E-state index in [2.05, 4.69) is 20.6 Å². The molecule has 3 aromatic rings. The topological polar surface area (TPSA) is 137 Å². The van der Waals surface area contributed by atoms with E-state index in [1.165, 1.54) is 6.33 Å². The lowest BCUT2D eigenvalue weighted by Gasteiger charge is -2.26. The van der Waals surface area contributed by atoms with Crippen molar-refractivity contribution in [2.45, 2.75) is 78.4 Å². The van der Waals surface area contributed by atoms with Crippen LogP contribution in [-0.2, 0) is 15.1 Å². The number of carbonyl (C=O) groups excluding carboxylic acids is 2. The molecule has 0 saturated heterocycles. The third-order valence-electron chi connectivity index (χ3n) is 5.86. The Hall–Kier alpha value is -3.69. The molecule has 0 aliphatic rings. The fraction of sp³-hybridized carbons (Fsp3) is 0.519. The van der Waals surface area contributed by atoms with Gasteiger partial charge in [0.1, 0.15) is 23.4 Å². The maximum Gasteiger partial charge on any atom is 0.407 e. The van der Waals surface area contributed by atoms with Crippen molar-refractivity contribution in [2.24, 2.45) is 0 Å². The molecule has 0 radical (unpaired) electrons. The molecular formula is C27H39N7O3. The lowest BCUT2D eigenvalue weighted by atomic mass is 10.1. The molecule has 2 amide bonds. The SMILES string of the molecule is Cc1ccc(-c2nn(C(C)(C)CNC(=O)CCCCCNC(=O)OC(C)(C)C)c3ncnc(N)c23)cc1. The van der Waals surface area contributed by atoms with Crippen LogP contribution in [0.15, 0.2) is 30.6 Å². The van der Waals surface area contributed by atoms with Crippen molar-refractivity contribution in [1.82, 2.24) is 30.4 Å². The van der Waals surface area contributed by atoms with Gasteiger partial charge in [-0.15, -0.1) is 0 Å². The summed E-state index contributed by atoms with van der Waals surface area (Å²) < 4.78 is 7.03. The first-order valence-electron chi connectivity index (χ1n) is 12.7. The number of nitrogen functional groups attached to an aromatic ring is 1. The number of aryl methyl sites for hydroxylation is 1. The molecule has 3 rings (SSSR count). The lowest BCUT2D eigenvalue weighted by molar-refractivity contribution is -0.121. The number of carbonyl (C=O) groups is 2. The Morgan fingerprint density at radius 3 is 2.38 bits per heavy atom. The van der Waals surface area contributed by atoms with E-state index in [0.717, 1.165) is 30.4 Å². The number of benzene rings is 1. The number of ether oxygens (including phenoxy) is 1. The molecule has 4 N–H and O–H groups in total. The molecule has 10 nitrogen and oxygen atoms in total. The monoisotopic (exact) mass is 509 g/mol. The number of fused-ring (bicyclic) bond motifs is 1. The number of aromatic nitrogens is 4. The summed E-state index contributed by atoms with van der Waals surface area (Å²) in [6.07, 6.45) is 3.75. The van der Waals surface area contributed by atoms with E-state index in [9.17, 15) is 9.59 Å². The molecule has 10 heteroatoms. The number of nitrogens with zero attached hydrogens (tertiary/aromatic N) is 4. The Bertz CT molecular complexity index is 1230. The summed E-state index contributed by atoms with van der Waals surface area (Å²) >= 11 is 0. The standard InChI is InChI=1S/C27H39N7O3/c1-18-11-13-19(14-12-18)22-21-23(28)31-17-32-24(21)34(33-22)27(5,6)16-30-20(35)10-8-7-9-15-29-25(36)37-26(2,3)4/h11-14,17H,7-10,15-16H2,1-6H3,(H,29,36)(H,30,35)(H2,28,31,32). The molecule has 1 aromatic carbocycles. The summed E-state index contributed by atoms with van der Waals surface area (Å²) in [5, 5.41) is 11.3. The van der Waals surface area contributed by atoms with Crippen LogP contribution in [-0.4, -0.2) is 50.4 Å². The highest BCUT2D eigenvalue weighted by atomic mass is 16.6. The lowest BCUT2D eigenvalue weighted by Crippen LogP contribution is -2.41. The number of hydrogen-bond acceptors (Lipinski definition) is 7. The van der Waals surface area contributed by atoms with Crippen LogP contribution in [0, 0.1) is 6.92 Å². The molecular weight excluding hydrogens is 470 g/mol. The highest BCUT2D eigenvalue weighted by molar-refractivity contribution is 5.98. The molecule has 0 aliphatic heterocycles. The Labute approximate surface area is 218 Å². The minimum Gasteiger partial charge on any atom is -0.444 e. The summed E-state index contributed by atoms with van der Waals surface area (Å²) in [4.78, 5) is 32.8. The second-order valence-corrected chi connectivity index (χ2v) is 10.9. The van der Waals surface area contributed by atoms with Gasteiger partial charge in [-0.3, -0.25) is 4.79 Å². The van der Waals surface area contributed by atoms with Gasteiger partial charge in [-0.1, -0.05) is 36.2 Å². The number of hydrogen-bond donors (Lipinski definition) is 3. The van der Waals surface area contributed by atoms with Crippen LogP contribution < -0.4 is 16.4 Å². The van der Waals surface area contributed by atoms with Crippen molar-refractivity contribution in [1.29, 1.82) is 0 Å². The molecule has 0 bridgehead atoms. The predicted octanol–water partition coefficient (Wildman–Crippen LogP) is 4.32. The van der Waals surface area contributed by atoms with Gasteiger partial charge in [0, 0.05) is 25.1 Å². The van der Waals surface area contributed by atoms with Gasteiger partial charge < -0.3 is 21.1 Å². The van der Waals surface area contributed by atoms with Gasteiger partial charge in [0.15, 0.2) is 5.65 Å². The summed E-state index contributed by atoms with van der Waals surface area (Å²) in [6.45, 7) is 12.4. The number of unbranched alkanes of at least 4 members (excludes halogenated alkanes) is 2. The van der Waals surface area contributed by atoms with Crippen molar-refractivity contribution in [3.05, 3.63) is 36.2 Å². The minimum atomic E-state index is -0.561. The molecule has 0 aliphatic carbocycles. The maximum absolute atomic E-state index is 12.5. The van der Waals surface area contributed by atoms with Gasteiger partial charge in [0.25, 0.3) is 0 Å². The predicted molar refractivity (Wildman–Crippen MR) is 145 cm³/mol. The van der Waals surface area contributed by atoms with E-state index in [4.69, 9.17) is 15.6 Å². The zero-order valence-corrected chi connectivity index (χ0v) is 22.7. The summed E-state index contributed by atoms with van der Waals surface area (Å²) in [5.41, 5.74) is 8.58. The third kappa shape index (κ3) is 7.65. The highest BCUT2D eigenvalue weighted by Crippen LogP contribution is 2.33. The van der Waals surface area contributed by atoms with Crippen LogP contribution in [0.2, 0.25) is 0 Å². The van der Waals surface area contributed by atoms with E-state index < -0.39 is 17.2 Å².